The first-order valence-corrected chi connectivity index (χ1v) is 11.5. The van der Waals surface area contributed by atoms with Gasteiger partial charge in [-0.2, -0.15) is 0 Å². The molecule has 1 heterocycles. The van der Waals surface area contributed by atoms with Gasteiger partial charge in [-0.25, -0.2) is 4.79 Å². The molecule has 0 saturated carbocycles. The van der Waals surface area contributed by atoms with Gasteiger partial charge in [0.05, 0.1) is 18.2 Å². The molecule has 1 aromatic rings. The number of carbonyl (C=O) groups excluding carboxylic acids is 1. The second-order valence-corrected chi connectivity index (χ2v) is 9.99. The van der Waals surface area contributed by atoms with Crippen LogP contribution in [0.1, 0.15) is 52.7 Å². The van der Waals surface area contributed by atoms with Gasteiger partial charge in [-0.1, -0.05) is 24.3 Å². The van der Waals surface area contributed by atoms with Gasteiger partial charge in [-0.05, 0) is 59.1 Å². The van der Waals surface area contributed by atoms with Crippen molar-refractivity contribution in [2.24, 2.45) is 4.99 Å². The molecular weight excluding hydrogens is 533 g/mol. The fourth-order valence-corrected chi connectivity index (χ4v) is 3.52. The third-order valence-electron chi connectivity index (χ3n) is 5.00. The normalized spacial score (nSPS) is 15.7. The fourth-order valence-electron chi connectivity index (χ4n) is 3.52. The first kappa shape index (κ1) is 29.4. The Morgan fingerprint density at radius 2 is 1.85 bits per heavy atom. The minimum Gasteiger partial charge on any atom is -0.444 e. The van der Waals surface area contributed by atoms with Gasteiger partial charge in [0.25, 0.3) is 0 Å². The summed E-state index contributed by atoms with van der Waals surface area (Å²) in [5.74, 6) is 0.606. The average molecular weight is 576 g/mol. The number of carbonyl (C=O) groups is 1. The average Bonchev–Trinajstić information content (AvgIpc) is 2.68. The molecule has 2 rings (SSSR count). The van der Waals surface area contributed by atoms with Crippen LogP contribution in [-0.4, -0.2) is 72.0 Å². The summed E-state index contributed by atoms with van der Waals surface area (Å²) in [4.78, 5) is 18.9. The van der Waals surface area contributed by atoms with Gasteiger partial charge in [-0.3, -0.25) is 9.89 Å². The fraction of sp³-hybridized carbons (Fsp3) is 0.667. The summed E-state index contributed by atoms with van der Waals surface area (Å²) >= 11 is 0. The highest BCUT2D eigenvalue weighted by atomic mass is 127. The molecule has 0 radical (unpaired) electrons. The Labute approximate surface area is 216 Å². The standard InChI is InChI=1S/C24H41N5O3.HI/c1-7-25-21(27-17-24(5,6)28-22(31)32-23(2,3)4)26-14-20(30)16-29-13-12-18-10-8-9-11-19(18)15-29;/h8-11,20,30H,7,12-17H2,1-6H3,(H,28,31)(H2,25,26,27);1H. The van der Waals surface area contributed by atoms with Gasteiger partial charge in [-0.15, -0.1) is 24.0 Å². The maximum atomic E-state index is 12.1. The molecule has 188 valence electrons. The Morgan fingerprint density at radius 1 is 1.18 bits per heavy atom. The van der Waals surface area contributed by atoms with E-state index in [0.717, 1.165) is 19.5 Å². The van der Waals surface area contributed by atoms with Crippen LogP contribution in [0, 0.1) is 0 Å². The lowest BCUT2D eigenvalue weighted by atomic mass is 10.00. The molecule has 1 aromatic carbocycles. The number of fused-ring (bicyclic) bond motifs is 1. The number of ether oxygens (including phenoxy) is 1. The Kier molecular flexibility index (Phi) is 11.9. The number of nitrogens with zero attached hydrogens (tertiary/aromatic N) is 2. The Bertz CT molecular complexity index is 780. The van der Waals surface area contributed by atoms with E-state index in [2.05, 4.69) is 50.1 Å². The van der Waals surface area contributed by atoms with E-state index in [4.69, 9.17) is 4.74 Å². The number of alkyl carbamates (subject to hydrolysis) is 1. The third kappa shape index (κ3) is 11.4. The second-order valence-electron chi connectivity index (χ2n) is 9.99. The summed E-state index contributed by atoms with van der Waals surface area (Å²) in [6.07, 6.45) is 0.0337. The SMILES string of the molecule is CCNC(=NCC(C)(C)NC(=O)OC(C)(C)C)NCC(O)CN1CCc2ccccc2C1.I. The van der Waals surface area contributed by atoms with Gasteiger partial charge in [0.15, 0.2) is 5.96 Å². The number of β-amino-alcohol motifs (C(OH)–C–C–N with tert-alkyl or cyclic N) is 1. The smallest absolute Gasteiger partial charge is 0.408 e. The van der Waals surface area contributed by atoms with Crippen molar-refractivity contribution >= 4 is 36.0 Å². The molecule has 8 nitrogen and oxygen atoms in total. The molecule has 0 aromatic heterocycles. The number of guanidine groups is 1. The van der Waals surface area contributed by atoms with Gasteiger partial charge in [0.1, 0.15) is 5.60 Å². The van der Waals surface area contributed by atoms with E-state index in [0.29, 0.717) is 32.1 Å². The number of hydrogen-bond donors (Lipinski definition) is 4. The van der Waals surface area contributed by atoms with Crippen LogP contribution >= 0.6 is 24.0 Å². The molecule has 0 spiro atoms. The van der Waals surface area contributed by atoms with Crippen molar-refractivity contribution in [3.8, 4) is 0 Å². The number of hydrogen-bond acceptors (Lipinski definition) is 5. The summed E-state index contributed by atoms with van der Waals surface area (Å²) in [6.45, 7) is 15.2. The van der Waals surface area contributed by atoms with Crippen LogP contribution in [0.3, 0.4) is 0 Å². The molecule has 1 amide bonds. The molecule has 33 heavy (non-hydrogen) atoms. The maximum Gasteiger partial charge on any atom is 0.408 e. The summed E-state index contributed by atoms with van der Waals surface area (Å²) in [5, 5.41) is 19.8. The lowest BCUT2D eigenvalue weighted by Gasteiger charge is -2.30. The van der Waals surface area contributed by atoms with Gasteiger partial charge >= 0.3 is 6.09 Å². The van der Waals surface area contributed by atoms with E-state index in [1.165, 1.54) is 11.1 Å². The van der Waals surface area contributed by atoms with Crippen LogP contribution in [-0.2, 0) is 17.7 Å². The number of aliphatic hydroxyl groups excluding tert-OH is 1. The van der Waals surface area contributed by atoms with Crippen molar-refractivity contribution in [1.82, 2.24) is 20.9 Å². The van der Waals surface area contributed by atoms with Gasteiger partial charge in [0, 0.05) is 32.7 Å². The Balaban J connectivity index is 0.00000544. The molecule has 1 unspecified atom stereocenters. The van der Waals surface area contributed by atoms with E-state index in [-0.39, 0.29) is 24.0 Å². The minimum atomic E-state index is -0.579. The van der Waals surface area contributed by atoms with Crippen LogP contribution < -0.4 is 16.0 Å². The molecule has 9 heteroatoms. The number of rotatable bonds is 8. The van der Waals surface area contributed by atoms with E-state index < -0.39 is 23.3 Å². The van der Waals surface area contributed by atoms with E-state index >= 15 is 0 Å². The Morgan fingerprint density at radius 3 is 2.48 bits per heavy atom. The van der Waals surface area contributed by atoms with Gasteiger partial charge in [0.2, 0.25) is 0 Å². The molecule has 0 bridgehead atoms. The van der Waals surface area contributed by atoms with Crippen LogP contribution in [0.4, 0.5) is 4.79 Å². The van der Waals surface area contributed by atoms with Gasteiger partial charge < -0.3 is 25.8 Å². The molecular formula is C24H42IN5O3. The first-order valence-electron chi connectivity index (χ1n) is 11.5. The molecule has 4 N–H and O–H groups in total. The third-order valence-corrected chi connectivity index (χ3v) is 5.00. The predicted octanol–water partition coefficient (Wildman–Crippen LogP) is 2.88. The zero-order valence-corrected chi connectivity index (χ0v) is 23.2. The molecule has 0 fully saturated rings. The largest absolute Gasteiger partial charge is 0.444 e. The lowest BCUT2D eigenvalue weighted by molar-refractivity contribution is 0.0476. The number of benzene rings is 1. The highest BCUT2D eigenvalue weighted by Gasteiger charge is 2.25. The Hall–Kier alpha value is -1.59. The van der Waals surface area contributed by atoms with Crippen molar-refractivity contribution < 1.29 is 14.6 Å². The topological polar surface area (TPSA) is 98.2 Å². The van der Waals surface area contributed by atoms with Crippen LogP contribution in [0.15, 0.2) is 29.3 Å². The number of amides is 1. The number of nitrogens with one attached hydrogen (secondary N) is 3. The second kappa shape index (κ2) is 13.3. The first-order chi connectivity index (χ1) is 15.0. The summed E-state index contributed by atoms with van der Waals surface area (Å²) in [5.41, 5.74) is 1.62. The number of aliphatic hydroxyl groups is 1. The van der Waals surface area contributed by atoms with Crippen molar-refractivity contribution in [2.45, 2.75) is 71.8 Å². The minimum absolute atomic E-state index is 0. The van der Waals surface area contributed by atoms with Crippen LogP contribution in [0.25, 0.3) is 0 Å². The monoisotopic (exact) mass is 575 g/mol. The number of aliphatic imine (C=N–C) groups is 1. The molecule has 0 aliphatic carbocycles. The predicted molar refractivity (Wildman–Crippen MR) is 144 cm³/mol. The zero-order valence-electron chi connectivity index (χ0n) is 20.9. The molecule has 0 saturated heterocycles. The summed E-state index contributed by atoms with van der Waals surface area (Å²) in [7, 11) is 0. The lowest BCUT2D eigenvalue weighted by Crippen LogP contribution is -2.49. The summed E-state index contributed by atoms with van der Waals surface area (Å²) < 4.78 is 5.33. The highest BCUT2D eigenvalue weighted by molar-refractivity contribution is 14.0. The zero-order chi connectivity index (χ0) is 23.8. The van der Waals surface area contributed by atoms with Crippen molar-refractivity contribution in [3.05, 3.63) is 35.4 Å². The van der Waals surface area contributed by atoms with E-state index in [1.807, 2.05) is 41.5 Å². The molecule has 1 atom stereocenters. The van der Waals surface area contributed by atoms with E-state index in [1.54, 1.807) is 0 Å². The summed E-state index contributed by atoms with van der Waals surface area (Å²) in [6, 6.07) is 8.50. The molecule has 1 aliphatic heterocycles. The number of halogens is 1. The van der Waals surface area contributed by atoms with Crippen molar-refractivity contribution in [3.63, 3.8) is 0 Å². The van der Waals surface area contributed by atoms with Crippen molar-refractivity contribution in [1.29, 1.82) is 0 Å². The molecule has 1 aliphatic rings. The van der Waals surface area contributed by atoms with E-state index in [9.17, 15) is 9.90 Å². The quantitative estimate of drug-likeness (QED) is 0.216. The van der Waals surface area contributed by atoms with Crippen molar-refractivity contribution in [2.75, 3.05) is 32.7 Å². The van der Waals surface area contributed by atoms with Crippen LogP contribution in [0.2, 0.25) is 0 Å². The highest BCUT2D eigenvalue weighted by Crippen LogP contribution is 2.18. The van der Waals surface area contributed by atoms with Crippen LogP contribution in [0.5, 0.6) is 0 Å². The maximum absolute atomic E-state index is 12.1.